The van der Waals surface area contributed by atoms with Crippen LogP contribution in [0.5, 0.6) is 0 Å². The fourth-order valence-electron chi connectivity index (χ4n) is 2.53. The number of rotatable bonds is 5. The minimum absolute atomic E-state index is 0.139. The number of fused-ring (bicyclic) bond motifs is 1. The van der Waals surface area contributed by atoms with Crippen LogP contribution in [0.3, 0.4) is 0 Å². The number of amides is 1. The van der Waals surface area contributed by atoms with Crippen molar-refractivity contribution in [3.63, 3.8) is 0 Å². The quantitative estimate of drug-likeness (QED) is 0.762. The fourth-order valence-corrected chi connectivity index (χ4v) is 3.65. The molecule has 1 unspecified atom stereocenters. The number of carbonyl (C=O) groups is 1. The number of hydrogen-bond donors (Lipinski definition) is 1. The molecule has 0 saturated carbocycles. The van der Waals surface area contributed by atoms with Crippen LogP contribution in [-0.4, -0.2) is 37.3 Å². The van der Waals surface area contributed by atoms with Gasteiger partial charge in [-0.1, -0.05) is 11.8 Å². The Morgan fingerprint density at radius 2 is 2.21 bits per heavy atom. The van der Waals surface area contributed by atoms with E-state index in [9.17, 15) is 14.4 Å². The zero-order chi connectivity index (χ0) is 17.1. The molecule has 0 fully saturated rings. The zero-order valence-electron chi connectivity index (χ0n) is 13.1. The van der Waals surface area contributed by atoms with Crippen LogP contribution in [0.4, 0.5) is 0 Å². The van der Waals surface area contributed by atoms with Crippen molar-refractivity contribution in [1.29, 1.82) is 0 Å². The first-order chi connectivity index (χ1) is 11.5. The molecule has 2 aromatic rings. The molecule has 2 aromatic heterocycles. The molecular formula is C15H17N5O3S. The minimum Gasteiger partial charge on any atom is -0.354 e. The highest BCUT2D eigenvalue weighted by Gasteiger charge is 2.26. The van der Waals surface area contributed by atoms with E-state index in [0.717, 1.165) is 0 Å². The van der Waals surface area contributed by atoms with E-state index in [2.05, 4.69) is 15.3 Å². The Bertz CT molecular complexity index is 876. The lowest BCUT2D eigenvalue weighted by Crippen LogP contribution is -2.33. The zero-order valence-corrected chi connectivity index (χ0v) is 14.0. The summed E-state index contributed by atoms with van der Waals surface area (Å²) in [5.41, 5.74) is 0.382. The van der Waals surface area contributed by atoms with Crippen LogP contribution >= 0.6 is 11.8 Å². The second-order valence-corrected chi connectivity index (χ2v) is 6.50. The Labute approximate surface area is 141 Å². The molecule has 1 atom stereocenters. The van der Waals surface area contributed by atoms with Gasteiger partial charge in [0, 0.05) is 49.3 Å². The van der Waals surface area contributed by atoms with Gasteiger partial charge in [-0.05, 0) is 6.92 Å². The predicted octanol–water partition coefficient (Wildman–Crippen LogP) is -0.0383. The van der Waals surface area contributed by atoms with E-state index in [1.807, 2.05) is 0 Å². The van der Waals surface area contributed by atoms with Crippen molar-refractivity contribution in [2.75, 3.05) is 12.3 Å². The van der Waals surface area contributed by atoms with Crippen LogP contribution in [-0.2, 0) is 11.3 Å². The van der Waals surface area contributed by atoms with Gasteiger partial charge < -0.3 is 5.32 Å². The molecule has 8 nitrogen and oxygen atoms in total. The van der Waals surface area contributed by atoms with Gasteiger partial charge in [0.25, 0.3) is 11.1 Å². The SMILES string of the molecule is Cc1cc(=O)n(CCNC(=O)CC2CSc3nccc(=O)n32)cn1. The summed E-state index contributed by atoms with van der Waals surface area (Å²) in [6.45, 7) is 2.44. The van der Waals surface area contributed by atoms with Gasteiger partial charge in [-0.15, -0.1) is 0 Å². The Morgan fingerprint density at radius 1 is 1.38 bits per heavy atom. The van der Waals surface area contributed by atoms with E-state index in [1.165, 1.54) is 41.0 Å². The molecule has 3 rings (SSSR count). The summed E-state index contributed by atoms with van der Waals surface area (Å²) in [6, 6.07) is 2.67. The van der Waals surface area contributed by atoms with Crippen molar-refractivity contribution >= 4 is 17.7 Å². The summed E-state index contributed by atoms with van der Waals surface area (Å²) in [5.74, 6) is 0.499. The summed E-state index contributed by atoms with van der Waals surface area (Å²) < 4.78 is 3.01. The van der Waals surface area contributed by atoms with Crippen molar-refractivity contribution < 1.29 is 4.79 Å². The van der Waals surface area contributed by atoms with Crippen molar-refractivity contribution in [3.05, 3.63) is 51.1 Å². The number of aryl methyl sites for hydroxylation is 1. The van der Waals surface area contributed by atoms with Crippen LogP contribution in [0, 0.1) is 6.92 Å². The van der Waals surface area contributed by atoms with Crippen LogP contribution in [0.15, 0.2) is 39.4 Å². The lowest BCUT2D eigenvalue weighted by Gasteiger charge is -2.13. The number of nitrogens with zero attached hydrogens (tertiary/aromatic N) is 4. The van der Waals surface area contributed by atoms with Crippen LogP contribution < -0.4 is 16.4 Å². The average molecular weight is 347 g/mol. The van der Waals surface area contributed by atoms with E-state index in [-0.39, 0.29) is 29.5 Å². The second-order valence-electron chi connectivity index (χ2n) is 5.52. The topological polar surface area (TPSA) is 98.9 Å². The molecule has 1 aliphatic heterocycles. The normalized spacial score (nSPS) is 16.0. The van der Waals surface area contributed by atoms with Crippen molar-refractivity contribution in [3.8, 4) is 0 Å². The number of hydrogen-bond acceptors (Lipinski definition) is 6. The Hall–Kier alpha value is -2.42. The van der Waals surface area contributed by atoms with E-state index in [0.29, 0.717) is 29.7 Å². The van der Waals surface area contributed by atoms with Crippen LogP contribution in [0.1, 0.15) is 18.2 Å². The largest absolute Gasteiger partial charge is 0.354 e. The highest BCUT2D eigenvalue weighted by atomic mass is 32.2. The van der Waals surface area contributed by atoms with E-state index < -0.39 is 0 Å². The van der Waals surface area contributed by atoms with Gasteiger partial charge in [-0.3, -0.25) is 23.5 Å². The van der Waals surface area contributed by atoms with Crippen molar-refractivity contribution in [2.45, 2.75) is 31.1 Å². The lowest BCUT2D eigenvalue weighted by molar-refractivity contribution is -0.121. The molecule has 0 spiro atoms. The first kappa shape index (κ1) is 16.4. The maximum absolute atomic E-state index is 12.1. The highest BCUT2D eigenvalue weighted by Crippen LogP contribution is 2.31. The molecule has 24 heavy (non-hydrogen) atoms. The number of carbonyl (C=O) groups excluding carboxylic acids is 1. The number of nitrogens with one attached hydrogen (secondary N) is 1. The van der Waals surface area contributed by atoms with Gasteiger partial charge in [0.15, 0.2) is 5.16 Å². The summed E-state index contributed by atoms with van der Waals surface area (Å²) in [4.78, 5) is 43.9. The third kappa shape index (κ3) is 3.56. The highest BCUT2D eigenvalue weighted by molar-refractivity contribution is 7.99. The van der Waals surface area contributed by atoms with Crippen LogP contribution in [0.2, 0.25) is 0 Å². The summed E-state index contributed by atoms with van der Waals surface area (Å²) in [6.07, 6.45) is 3.17. The van der Waals surface area contributed by atoms with Crippen LogP contribution in [0.25, 0.3) is 0 Å². The molecule has 3 heterocycles. The predicted molar refractivity (Wildman–Crippen MR) is 89.1 cm³/mol. The third-order valence-electron chi connectivity index (χ3n) is 3.73. The summed E-state index contributed by atoms with van der Waals surface area (Å²) in [7, 11) is 0. The Kier molecular flexibility index (Phi) is 4.79. The van der Waals surface area contributed by atoms with Crippen molar-refractivity contribution in [2.24, 2.45) is 0 Å². The molecule has 1 amide bonds. The van der Waals surface area contributed by atoms with E-state index in [4.69, 9.17) is 0 Å². The van der Waals surface area contributed by atoms with Gasteiger partial charge in [-0.25, -0.2) is 9.97 Å². The fraction of sp³-hybridized carbons (Fsp3) is 0.400. The molecule has 0 aromatic carbocycles. The average Bonchev–Trinajstić information content (AvgIpc) is 2.94. The minimum atomic E-state index is -0.185. The maximum atomic E-state index is 12.1. The first-order valence-corrected chi connectivity index (χ1v) is 8.53. The second kappa shape index (κ2) is 7.00. The van der Waals surface area contributed by atoms with Crippen molar-refractivity contribution in [1.82, 2.24) is 24.4 Å². The molecule has 126 valence electrons. The molecule has 9 heteroatoms. The molecular weight excluding hydrogens is 330 g/mol. The molecule has 1 aliphatic rings. The lowest BCUT2D eigenvalue weighted by atomic mass is 10.2. The maximum Gasteiger partial charge on any atom is 0.254 e. The standard InChI is InChI=1S/C15H17N5O3S/c1-10-6-14(23)19(9-18-10)5-4-16-12(21)7-11-8-24-15-17-3-2-13(22)20(11)15/h2-3,6,9,11H,4-5,7-8H2,1H3,(H,16,21). The van der Waals surface area contributed by atoms with E-state index in [1.54, 1.807) is 11.5 Å². The van der Waals surface area contributed by atoms with Gasteiger partial charge >= 0.3 is 0 Å². The molecule has 0 saturated heterocycles. The molecule has 0 aliphatic carbocycles. The monoisotopic (exact) mass is 347 g/mol. The van der Waals surface area contributed by atoms with E-state index >= 15 is 0 Å². The third-order valence-corrected chi connectivity index (χ3v) is 4.84. The molecule has 1 N–H and O–H groups in total. The number of aromatic nitrogens is 4. The first-order valence-electron chi connectivity index (χ1n) is 7.55. The van der Waals surface area contributed by atoms with Gasteiger partial charge in [0.1, 0.15) is 0 Å². The molecule has 0 bridgehead atoms. The Balaban J connectivity index is 1.54. The van der Waals surface area contributed by atoms with Gasteiger partial charge in [-0.2, -0.15) is 0 Å². The number of thioether (sulfide) groups is 1. The van der Waals surface area contributed by atoms with Gasteiger partial charge in [0.2, 0.25) is 5.91 Å². The smallest absolute Gasteiger partial charge is 0.254 e. The summed E-state index contributed by atoms with van der Waals surface area (Å²) >= 11 is 1.47. The molecule has 0 radical (unpaired) electrons. The van der Waals surface area contributed by atoms with Gasteiger partial charge in [0.05, 0.1) is 12.4 Å². The summed E-state index contributed by atoms with van der Waals surface area (Å²) in [5, 5.41) is 3.43. The Morgan fingerprint density at radius 3 is 3.00 bits per heavy atom.